The molecule has 2 fully saturated rings. The molecule has 0 unspecified atom stereocenters. The van der Waals surface area contributed by atoms with Crippen molar-refractivity contribution in [3.8, 4) is 0 Å². The van der Waals surface area contributed by atoms with Crippen LogP contribution in [0.25, 0.3) is 0 Å². The molecular weight excluding hydrogens is 468 g/mol. The van der Waals surface area contributed by atoms with E-state index in [0.717, 1.165) is 49.4 Å². The van der Waals surface area contributed by atoms with E-state index >= 15 is 0 Å². The fourth-order valence-corrected chi connectivity index (χ4v) is 5.78. The molecule has 3 aromatic rings. The summed E-state index contributed by atoms with van der Waals surface area (Å²) < 4.78 is 2.18. The molecule has 1 amide bonds. The van der Waals surface area contributed by atoms with Gasteiger partial charge in [-0.25, -0.2) is 0 Å². The fraction of sp³-hybridized carbons (Fsp3) is 0.464. The van der Waals surface area contributed by atoms with Crippen LogP contribution in [-0.2, 0) is 17.9 Å². The first-order valence-electron chi connectivity index (χ1n) is 13.2. The van der Waals surface area contributed by atoms with Gasteiger partial charge in [0.1, 0.15) is 5.82 Å². The normalized spacial score (nSPS) is 16.7. The van der Waals surface area contributed by atoms with Crippen LogP contribution in [0.4, 0.5) is 11.4 Å². The van der Waals surface area contributed by atoms with Gasteiger partial charge in [0.2, 0.25) is 5.91 Å². The van der Waals surface area contributed by atoms with Crippen LogP contribution in [-0.4, -0.2) is 57.5 Å². The zero-order valence-corrected chi connectivity index (χ0v) is 21.8. The van der Waals surface area contributed by atoms with E-state index in [4.69, 9.17) is 0 Å². The predicted molar refractivity (Wildman–Crippen MR) is 147 cm³/mol. The summed E-state index contributed by atoms with van der Waals surface area (Å²) in [6.07, 6.45) is 7.63. The number of aromatic nitrogens is 3. The fourth-order valence-electron chi connectivity index (χ4n) is 5.02. The summed E-state index contributed by atoms with van der Waals surface area (Å²) in [7, 11) is 0. The van der Waals surface area contributed by atoms with Crippen molar-refractivity contribution in [1.82, 2.24) is 19.7 Å². The Balaban J connectivity index is 1.21. The number of amides is 1. The first-order valence-corrected chi connectivity index (χ1v) is 14.2. The molecule has 2 aliphatic rings. The van der Waals surface area contributed by atoms with Crippen LogP contribution < -0.4 is 10.2 Å². The Morgan fingerprint density at radius 1 is 0.806 bits per heavy atom. The van der Waals surface area contributed by atoms with Gasteiger partial charge in [-0.05, 0) is 75.0 Å². The molecule has 0 atom stereocenters. The molecule has 2 aromatic carbocycles. The summed E-state index contributed by atoms with van der Waals surface area (Å²) >= 11 is 1.45. The predicted octanol–water partition coefficient (Wildman–Crippen LogP) is 5.03. The van der Waals surface area contributed by atoms with Crippen molar-refractivity contribution in [3.63, 3.8) is 0 Å². The molecule has 2 aliphatic heterocycles. The van der Waals surface area contributed by atoms with Crippen LogP contribution in [0.3, 0.4) is 0 Å². The van der Waals surface area contributed by atoms with E-state index in [0.29, 0.717) is 12.3 Å². The third kappa shape index (κ3) is 6.68. The number of hydrogen-bond donors (Lipinski definition) is 1. The zero-order chi connectivity index (χ0) is 24.6. The molecular formula is C28H36N6OS. The maximum atomic E-state index is 12.8. The van der Waals surface area contributed by atoms with Gasteiger partial charge in [-0.3, -0.25) is 9.69 Å². The van der Waals surface area contributed by atoms with Crippen LogP contribution in [0.15, 0.2) is 59.8 Å². The standard InChI is InChI=1S/C28H36N6OS/c35-27(29-24-12-14-25(15-13-24)33-18-8-3-9-19-33)22-36-28-31-30-26(21-32-16-6-2-7-17-32)34(28)20-23-10-4-1-5-11-23/h1,4-5,10-15H,2-3,6-9,16-22H2,(H,29,35). The molecule has 1 aromatic heterocycles. The van der Waals surface area contributed by atoms with E-state index < -0.39 is 0 Å². The Morgan fingerprint density at radius 3 is 2.22 bits per heavy atom. The van der Waals surface area contributed by atoms with Crippen molar-refractivity contribution < 1.29 is 4.79 Å². The van der Waals surface area contributed by atoms with Crippen LogP contribution in [0.5, 0.6) is 0 Å². The molecule has 5 rings (SSSR count). The lowest BCUT2D eigenvalue weighted by Gasteiger charge is -2.28. The summed E-state index contributed by atoms with van der Waals surface area (Å²) in [5.41, 5.74) is 3.27. The molecule has 2 saturated heterocycles. The average Bonchev–Trinajstić information content (AvgIpc) is 3.30. The lowest BCUT2D eigenvalue weighted by Crippen LogP contribution is -2.30. The number of piperidine rings is 2. The molecule has 36 heavy (non-hydrogen) atoms. The number of benzene rings is 2. The summed E-state index contributed by atoms with van der Waals surface area (Å²) in [4.78, 5) is 17.6. The van der Waals surface area contributed by atoms with Gasteiger partial charge in [-0.15, -0.1) is 10.2 Å². The molecule has 8 heteroatoms. The Labute approximate surface area is 218 Å². The van der Waals surface area contributed by atoms with Crippen molar-refractivity contribution in [2.45, 2.75) is 56.8 Å². The van der Waals surface area contributed by atoms with Crippen LogP contribution >= 0.6 is 11.8 Å². The van der Waals surface area contributed by atoms with Crippen molar-refractivity contribution in [2.75, 3.05) is 42.1 Å². The molecule has 0 aliphatic carbocycles. The van der Waals surface area contributed by atoms with E-state index in [1.807, 2.05) is 18.2 Å². The Morgan fingerprint density at radius 2 is 1.50 bits per heavy atom. The van der Waals surface area contributed by atoms with Gasteiger partial charge in [-0.2, -0.15) is 0 Å². The number of rotatable bonds is 9. The van der Waals surface area contributed by atoms with Gasteiger partial charge in [0, 0.05) is 24.5 Å². The summed E-state index contributed by atoms with van der Waals surface area (Å²) in [6, 6.07) is 18.6. The molecule has 190 valence electrons. The monoisotopic (exact) mass is 504 g/mol. The molecule has 3 heterocycles. The number of hydrogen-bond acceptors (Lipinski definition) is 6. The molecule has 0 saturated carbocycles. The van der Waals surface area contributed by atoms with Crippen molar-refractivity contribution >= 4 is 29.0 Å². The van der Waals surface area contributed by atoms with Crippen LogP contribution in [0.1, 0.15) is 49.9 Å². The van der Waals surface area contributed by atoms with E-state index in [9.17, 15) is 4.79 Å². The van der Waals surface area contributed by atoms with E-state index in [-0.39, 0.29) is 5.91 Å². The van der Waals surface area contributed by atoms with E-state index in [2.05, 4.69) is 66.3 Å². The highest BCUT2D eigenvalue weighted by Gasteiger charge is 2.19. The molecule has 0 bridgehead atoms. The molecule has 7 nitrogen and oxygen atoms in total. The Bertz CT molecular complexity index is 1100. The second-order valence-corrected chi connectivity index (χ2v) is 10.7. The van der Waals surface area contributed by atoms with E-state index in [1.165, 1.54) is 61.5 Å². The number of nitrogens with one attached hydrogen (secondary N) is 1. The van der Waals surface area contributed by atoms with Gasteiger partial charge in [0.05, 0.1) is 18.8 Å². The van der Waals surface area contributed by atoms with E-state index in [1.54, 1.807) is 0 Å². The summed E-state index contributed by atoms with van der Waals surface area (Å²) in [6.45, 7) is 5.96. The summed E-state index contributed by atoms with van der Waals surface area (Å²) in [5.74, 6) is 1.24. The highest BCUT2D eigenvalue weighted by atomic mass is 32.2. The lowest BCUT2D eigenvalue weighted by molar-refractivity contribution is -0.113. The second kappa shape index (κ2) is 12.4. The minimum atomic E-state index is -0.0300. The topological polar surface area (TPSA) is 66.3 Å². The molecule has 1 N–H and O–H groups in total. The van der Waals surface area contributed by atoms with Gasteiger partial charge in [0.25, 0.3) is 0 Å². The number of carbonyl (C=O) groups excluding carboxylic acids is 1. The third-order valence-electron chi connectivity index (χ3n) is 7.00. The maximum Gasteiger partial charge on any atom is 0.234 e. The molecule has 0 radical (unpaired) electrons. The Kier molecular flexibility index (Phi) is 8.56. The highest BCUT2D eigenvalue weighted by molar-refractivity contribution is 7.99. The summed E-state index contributed by atoms with van der Waals surface area (Å²) in [5, 5.41) is 12.9. The second-order valence-electron chi connectivity index (χ2n) is 9.74. The smallest absolute Gasteiger partial charge is 0.234 e. The lowest BCUT2D eigenvalue weighted by atomic mass is 10.1. The van der Waals surface area contributed by atoms with Gasteiger partial charge >= 0.3 is 0 Å². The van der Waals surface area contributed by atoms with Crippen molar-refractivity contribution in [1.29, 1.82) is 0 Å². The number of anilines is 2. The van der Waals surface area contributed by atoms with Gasteiger partial charge < -0.3 is 14.8 Å². The van der Waals surface area contributed by atoms with Crippen LogP contribution in [0, 0.1) is 0 Å². The van der Waals surface area contributed by atoms with Crippen LogP contribution in [0.2, 0.25) is 0 Å². The SMILES string of the molecule is O=C(CSc1nnc(CN2CCCCC2)n1Cc1ccccc1)Nc1ccc(N2CCCCC2)cc1. The van der Waals surface area contributed by atoms with Crippen molar-refractivity contribution in [3.05, 3.63) is 66.0 Å². The highest BCUT2D eigenvalue weighted by Crippen LogP contribution is 2.24. The first kappa shape index (κ1) is 24.8. The number of carbonyl (C=O) groups is 1. The maximum absolute atomic E-state index is 12.8. The minimum Gasteiger partial charge on any atom is -0.372 e. The number of thioether (sulfide) groups is 1. The largest absolute Gasteiger partial charge is 0.372 e. The average molecular weight is 505 g/mol. The third-order valence-corrected chi connectivity index (χ3v) is 7.96. The first-order chi connectivity index (χ1) is 17.7. The van der Waals surface area contributed by atoms with Crippen molar-refractivity contribution in [2.24, 2.45) is 0 Å². The number of likely N-dealkylation sites (tertiary alicyclic amines) is 1. The quantitative estimate of drug-likeness (QED) is 0.412. The zero-order valence-electron chi connectivity index (χ0n) is 20.9. The number of nitrogens with zero attached hydrogens (tertiary/aromatic N) is 5. The van der Waals surface area contributed by atoms with Gasteiger partial charge in [0.15, 0.2) is 5.16 Å². The minimum absolute atomic E-state index is 0.0300. The molecule has 0 spiro atoms. The Hall–Kier alpha value is -2.84. The van der Waals surface area contributed by atoms with Gasteiger partial charge in [-0.1, -0.05) is 48.5 Å².